The van der Waals surface area contributed by atoms with Gasteiger partial charge in [-0.25, -0.2) is 4.98 Å². The van der Waals surface area contributed by atoms with Gasteiger partial charge in [0.25, 0.3) is 0 Å². The van der Waals surface area contributed by atoms with Crippen LogP contribution >= 0.6 is 0 Å². The van der Waals surface area contributed by atoms with Crippen molar-refractivity contribution in [3.63, 3.8) is 0 Å². The van der Waals surface area contributed by atoms with E-state index in [1.807, 2.05) is 13.8 Å². The van der Waals surface area contributed by atoms with Gasteiger partial charge in [-0.2, -0.15) is 4.98 Å². The highest BCUT2D eigenvalue weighted by atomic mass is 16.5. The zero-order valence-corrected chi connectivity index (χ0v) is 11.7. The second-order valence-electron chi connectivity index (χ2n) is 5.28. The molecule has 5 heteroatoms. The lowest BCUT2D eigenvalue weighted by atomic mass is 9.86. The average molecular weight is 265 g/mol. The maximum Gasteiger partial charge on any atom is 0.319 e. The summed E-state index contributed by atoms with van der Waals surface area (Å²) in [6.45, 7) is 4.59. The van der Waals surface area contributed by atoms with Crippen LogP contribution in [0, 0.1) is 5.92 Å². The van der Waals surface area contributed by atoms with Crippen molar-refractivity contribution in [3.8, 4) is 11.9 Å². The number of hydrogen-bond acceptors (Lipinski definition) is 5. The first kappa shape index (κ1) is 14.1. The first-order valence-corrected chi connectivity index (χ1v) is 7.05. The topological polar surface area (TPSA) is 70.3 Å². The van der Waals surface area contributed by atoms with Crippen LogP contribution in [0.3, 0.4) is 0 Å². The van der Waals surface area contributed by atoms with E-state index in [4.69, 9.17) is 15.2 Å². The first-order valence-electron chi connectivity index (χ1n) is 7.05. The maximum absolute atomic E-state index is 5.90. The van der Waals surface area contributed by atoms with E-state index < -0.39 is 0 Å². The van der Waals surface area contributed by atoms with Crippen LogP contribution in [-0.4, -0.2) is 28.7 Å². The Morgan fingerprint density at radius 1 is 1.37 bits per heavy atom. The van der Waals surface area contributed by atoms with Gasteiger partial charge in [-0.1, -0.05) is 6.42 Å². The van der Waals surface area contributed by atoms with Crippen molar-refractivity contribution in [2.24, 2.45) is 11.7 Å². The molecule has 1 aliphatic carbocycles. The van der Waals surface area contributed by atoms with E-state index >= 15 is 0 Å². The fourth-order valence-corrected chi connectivity index (χ4v) is 2.42. The largest absolute Gasteiger partial charge is 0.475 e. The summed E-state index contributed by atoms with van der Waals surface area (Å²) in [5, 5.41) is 0. The van der Waals surface area contributed by atoms with Gasteiger partial charge < -0.3 is 15.2 Å². The van der Waals surface area contributed by atoms with Gasteiger partial charge in [0.1, 0.15) is 6.10 Å². The summed E-state index contributed by atoms with van der Waals surface area (Å²) in [7, 11) is 0. The van der Waals surface area contributed by atoms with Crippen LogP contribution in [0.1, 0.15) is 39.5 Å². The van der Waals surface area contributed by atoms with Gasteiger partial charge in [0.2, 0.25) is 5.88 Å². The molecule has 1 heterocycles. The summed E-state index contributed by atoms with van der Waals surface area (Å²) in [5.74, 6) is 0.965. The Kier molecular flexibility index (Phi) is 4.96. The zero-order chi connectivity index (χ0) is 13.7. The maximum atomic E-state index is 5.90. The number of ether oxygens (including phenoxy) is 2. The summed E-state index contributed by atoms with van der Waals surface area (Å²) < 4.78 is 11.4. The Morgan fingerprint density at radius 2 is 2.16 bits per heavy atom. The highest BCUT2D eigenvalue weighted by molar-refractivity contribution is 5.11. The lowest BCUT2D eigenvalue weighted by Gasteiger charge is -2.30. The minimum atomic E-state index is 0.0919. The van der Waals surface area contributed by atoms with E-state index in [1.165, 1.54) is 12.8 Å². The molecule has 1 aromatic rings. The molecule has 0 aliphatic heterocycles. The summed E-state index contributed by atoms with van der Waals surface area (Å²) in [6.07, 6.45) is 6.47. The van der Waals surface area contributed by atoms with Crippen molar-refractivity contribution in [2.75, 3.05) is 6.54 Å². The Hall–Kier alpha value is -1.36. The van der Waals surface area contributed by atoms with Gasteiger partial charge in [0, 0.05) is 18.2 Å². The Labute approximate surface area is 114 Å². The standard InChI is InChI=1S/C14H23N3O2/c1-10(2)18-13-7-8-16-14(17-13)19-12-6-4-3-5-11(12)9-15/h7-8,10-12H,3-6,9,15H2,1-2H3. The predicted molar refractivity (Wildman–Crippen MR) is 73.2 cm³/mol. The fraction of sp³-hybridized carbons (Fsp3) is 0.714. The highest BCUT2D eigenvalue weighted by Gasteiger charge is 2.26. The number of nitrogens with zero attached hydrogens (tertiary/aromatic N) is 2. The summed E-state index contributed by atoms with van der Waals surface area (Å²) in [5.41, 5.74) is 5.80. The number of nitrogens with two attached hydrogens (primary N) is 1. The normalized spacial score (nSPS) is 23.4. The van der Waals surface area contributed by atoms with Crippen molar-refractivity contribution in [2.45, 2.75) is 51.7 Å². The third-order valence-electron chi connectivity index (χ3n) is 3.36. The molecule has 0 saturated heterocycles. The molecule has 0 amide bonds. The first-order chi connectivity index (χ1) is 9.19. The van der Waals surface area contributed by atoms with E-state index in [1.54, 1.807) is 12.3 Å². The van der Waals surface area contributed by atoms with E-state index in [9.17, 15) is 0 Å². The minimum absolute atomic E-state index is 0.0919. The van der Waals surface area contributed by atoms with Gasteiger partial charge >= 0.3 is 6.01 Å². The Morgan fingerprint density at radius 3 is 2.89 bits per heavy atom. The van der Waals surface area contributed by atoms with Crippen molar-refractivity contribution in [1.82, 2.24) is 9.97 Å². The van der Waals surface area contributed by atoms with Crippen molar-refractivity contribution in [3.05, 3.63) is 12.3 Å². The van der Waals surface area contributed by atoms with Crippen LogP contribution in [0.5, 0.6) is 11.9 Å². The van der Waals surface area contributed by atoms with Crippen molar-refractivity contribution in [1.29, 1.82) is 0 Å². The molecule has 1 aromatic heterocycles. The molecule has 106 valence electrons. The quantitative estimate of drug-likeness (QED) is 0.883. The van der Waals surface area contributed by atoms with Crippen LogP contribution in [0.4, 0.5) is 0 Å². The molecule has 5 nitrogen and oxygen atoms in total. The molecule has 2 rings (SSSR count). The second kappa shape index (κ2) is 6.70. The molecule has 0 spiro atoms. The fourth-order valence-electron chi connectivity index (χ4n) is 2.42. The highest BCUT2D eigenvalue weighted by Crippen LogP contribution is 2.27. The van der Waals surface area contributed by atoms with E-state index in [-0.39, 0.29) is 12.2 Å². The second-order valence-corrected chi connectivity index (χ2v) is 5.28. The van der Waals surface area contributed by atoms with Gasteiger partial charge in [-0.05, 0) is 39.7 Å². The van der Waals surface area contributed by atoms with E-state index in [0.29, 0.717) is 24.4 Å². The molecule has 1 saturated carbocycles. The average Bonchev–Trinajstić information content (AvgIpc) is 2.39. The van der Waals surface area contributed by atoms with Crippen molar-refractivity contribution >= 4 is 0 Å². The lowest BCUT2D eigenvalue weighted by Crippen LogP contribution is -2.35. The number of hydrogen-bond donors (Lipinski definition) is 1. The minimum Gasteiger partial charge on any atom is -0.475 e. The van der Waals surface area contributed by atoms with Crippen LogP contribution < -0.4 is 15.2 Å². The van der Waals surface area contributed by atoms with Gasteiger partial charge in [-0.15, -0.1) is 0 Å². The Balaban J connectivity index is 2.01. The third-order valence-corrected chi connectivity index (χ3v) is 3.36. The zero-order valence-electron chi connectivity index (χ0n) is 11.7. The van der Waals surface area contributed by atoms with Crippen LogP contribution in [0.15, 0.2) is 12.3 Å². The van der Waals surface area contributed by atoms with Crippen LogP contribution in [0.25, 0.3) is 0 Å². The SMILES string of the molecule is CC(C)Oc1ccnc(OC2CCCCC2CN)n1. The summed E-state index contributed by atoms with van der Waals surface area (Å²) >= 11 is 0. The molecular weight excluding hydrogens is 242 g/mol. The van der Waals surface area contributed by atoms with Gasteiger partial charge in [-0.3, -0.25) is 0 Å². The third kappa shape index (κ3) is 4.06. The molecule has 2 unspecified atom stereocenters. The molecular formula is C14H23N3O2. The molecule has 0 aromatic carbocycles. The molecule has 19 heavy (non-hydrogen) atoms. The monoisotopic (exact) mass is 265 g/mol. The smallest absolute Gasteiger partial charge is 0.319 e. The van der Waals surface area contributed by atoms with E-state index in [0.717, 1.165) is 12.8 Å². The number of aromatic nitrogens is 2. The Bertz CT molecular complexity index is 398. The molecule has 0 radical (unpaired) electrons. The van der Waals surface area contributed by atoms with Crippen LogP contribution in [0.2, 0.25) is 0 Å². The molecule has 0 bridgehead atoms. The van der Waals surface area contributed by atoms with Gasteiger partial charge in [0.15, 0.2) is 0 Å². The molecule has 2 N–H and O–H groups in total. The van der Waals surface area contributed by atoms with Crippen molar-refractivity contribution < 1.29 is 9.47 Å². The summed E-state index contributed by atoms with van der Waals surface area (Å²) in [6, 6.07) is 2.14. The van der Waals surface area contributed by atoms with Gasteiger partial charge in [0.05, 0.1) is 6.10 Å². The lowest BCUT2D eigenvalue weighted by molar-refractivity contribution is 0.0856. The van der Waals surface area contributed by atoms with Crippen LogP contribution in [-0.2, 0) is 0 Å². The summed E-state index contributed by atoms with van der Waals surface area (Å²) in [4.78, 5) is 8.43. The molecule has 1 aliphatic rings. The number of rotatable bonds is 5. The molecule has 2 atom stereocenters. The molecule has 1 fully saturated rings. The predicted octanol–water partition coefficient (Wildman–Crippen LogP) is 2.16. The van der Waals surface area contributed by atoms with E-state index in [2.05, 4.69) is 9.97 Å².